The average molecular weight is 639 g/mol. The van der Waals surface area contributed by atoms with E-state index >= 15 is 0 Å². The molecule has 12 heteroatoms. The van der Waals surface area contributed by atoms with E-state index in [0.29, 0.717) is 13.1 Å². The van der Waals surface area contributed by atoms with Gasteiger partial charge < -0.3 is 23.5 Å². The van der Waals surface area contributed by atoms with Gasteiger partial charge in [0, 0.05) is 42.4 Å². The van der Waals surface area contributed by atoms with Gasteiger partial charge in [0.05, 0.1) is 37.3 Å². The highest BCUT2D eigenvalue weighted by molar-refractivity contribution is 6.30. The molecule has 0 spiro atoms. The number of imidazole rings is 1. The molecule has 9 nitrogen and oxygen atoms in total. The molecule has 0 radical (unpaired) electrons. The van der Waals surface area contributed by atoms with Crippen molar-refractivity contribution < 1.29 is 32.5 Å². The molecule has 0 bridgehead atoms. The number of methoxy groups -OCH3 is 1. The van der Waals surface area contributed by atoms with E-state index in [2.05, 4.69) is 14.5 Å². The molecular weight excluding hydrogens is 606 g/mol. The number of aromatic nitrogens is 3. The van der Waals surface area contributed by atoms with Gasteiger partial charge in [0.15, 0.2) is 5.82 Å². The van der Waals surface area contributed by atoms with E-state index in [9.17, 15) is 13.6 Å². The van der Waals surface area contributed by atoms with Gasteiger partial charge in [0.1, 0.15) is 24.4 Å². The molecule has 0 N–H and O–H groups in total. The molecule has 2 fully saturated rings. The highest BCUT2D eigenvalue weighted by Crippen LogP contribution is 2.27. The molecule has 0 saturated carbocycles. The molecule has 236 valence electrons. The Morgan fingerprint density at radius 1 is 1.07 bits per heavy atom. The predicted molar refractivity (Wildman–Crippen MR) is 164 cm³/mol. The van der Waals surface area contributed by atoms with Crippen LogP contribution in [0.25, 0.3) is 17.1 Å². The van der Waals surface area contributed by atoms with Crippen molar-refractivity contribution in [1.82, 2.24) is 19.4 Å². The molecule has 0 aliphatic carbocycles. The van der Waals surface area contributed by atoms with Crippen LogP contribution in [-0.2, 0) is 34.0 Å². The summed E-state index contributed by atoms with van der Waals surface area (Å²) in [6.07, 6.45) is 5.69. The highest BCUT2D eigenvalue weighted by atomic mass is 35.5. The summed E-state index contributed by atoms with van der Waals surface area (Å²) < 4.78 is 52.7. The van der Waals surface area contributed by atoms with Gasteiger partial charge in [-0.1, -0.05) is 23.7 Å². The Hall–Kier alpha value is -4.06. The van der Waals surface area contributed by atoms with Gasteiger partial charge in [0.2, 0.25) is 5.88 Å². The lowest BCUT2D eigenvalue weighted by molar-refractivity contribution is -0.134. The van der Waals surface area contributed by atoms with E-state index in [1.54, 1.807) is 12.1 Å². The van der Waals surface area contributed by atoms with Gasteiger partial charge in [-0.05, 0) is 61.2 Å². The largest absolute Gasteiger partial charge is 0.474 e. The zero-order chi connectivity index (χ0) is 31.3. The summed E-state index contributed by atoms with van der Waals surface area (Å²) in [5, 5.41) is 0.268. The molecule has 2 aliphatic heterocycles. The first-order valence-electron chi connectivity index (χ1n) is 14.8. The van der Waals surface area contributed by atoms with Crippen LogP contribution in [0.2, 0.25) is 5.02 Å². The summed E-state index contributed by atoms with van der Waals surface area (Å²) in [5.41, 5.74) is 3.00. The van der Waals surface area contributed by atoms with Crippen molar-refractivity contribution in [2.45, 2.75) is 51.2 Å². The van der Waals surface area contributed by atoms with Crippen molar-refractivity contribution in [1.29, 1.82) is 0 Å². The summed E-state index contributed by atoms with van der Waals surface area (Å²) in [7, 11) is 1.35. The smallest absolute Gasteiger partial charge is 0.330 e. The second-order valence-electron chi connectivity index (χ2n) is 11.1. The minimum absolute atomic E-state index is 0.105. The van der Waals surface area contributed by atoms with Gasteiger partial charge in [-0.15, -0.1) is 0 Å². The lowest BCUT2D eigenvalue weighted by atomic mass is 10.1. The Balaban J connectivity index is 1.08. The number of esters is 1. The lowest BCUT2D eigenvalue weighted by Gasteiger charge is -2.32. The van der Waals surface area contributed by atoms with Crippen molar-refractivity contribution in [3.63, 3.8) is 0 Å². The molecule has 4 aromatic rings. The molecule has 4 heterocycles. The zero-order valence-corrected chi connectivity index (χ0v) is 25.5. The maximum Gasteiger partial charge on any atom is 0.330 e. The third-order valence-electron chi connectivity index (χ3n) is 8.00. The minimum Gasteiger partial charge on any atom is -0.474 e. The van der Waals surface area contributed by atoms with Crippen molar-refractivity contribution in [2.24, 2.45) is 0 Å². The lowest BCUT2D eigenvalue weighted by Crippen LogP contribution is -2.39. The van der Waals surface area contributed by atoms with Crippen LogP contribution in [-0.4, -0.2) is 64.4 Å². The van der Waals surface area contributed by atoms with Crippen LogP contribution >= 0.6 is 11.6 Å². The highest BCUT2D eigenvalue weighted by Gasteiger charge is 2.26. The number of pyridine rings is 1. The number of nitrogens with zero attached hydrogens (tertiary/aromatic N) is 4. The van der Waals surface area contributed by atoms with Crippen LogP contribution in [0.5, 0.6) is 11.8 Å². The molecule has 0 unspecified atom stereocenters. The van der Waals surface area contributed by atoms with Crippen molar-refractivity contribution in [3.05, 3.63) is 88.2 Å². The molecule has 45 heavy (non-hydrogen) atoms. The molecule has 1 atom stereocenters. The maximum absolute atomic E-state index is 14.4. The third kappa shape index (κ3) is 7.61. The number of hydrogen-bond donors (Lipinski definition) is 0. The number of ether oxygens (including phenoxy) is 4. The van der Waals surface area contributed by atoms with Gasteiger partial charge in [-0.2, -0.15) is 4.98 Å². The standard InChI is InChI=1S/C33H33ClF2N4O5/c1-42-32(41)9-3-21-2-7-28-29(16-21)40(18-25-12-15-43-25)30(37-28)19-39-13-10-24(11-14-39)45-31-8-6-26(35)33(38-31)44-20-22-4-5-23(34)17-27(22)36/h2-9,16-17,24-25H,10-15,18-20H2,1H3/b9-3+/t25-/m0/s1. The number of fused-ring (bicyclic) bond motifs is 1. The Bertz CT molecular complexity index is 1700. The number of halogens is 3. The third-order valence-corrected chi connectivity index (χ3v) is 8.23. The number of likely N-dealkylation sites (tertiary alicyclic amines) is 1. The fourth-order valence-electron chi connectivity index (χ4n) is 5.40. The van der Waals surface area contributed by atoms with E-state index in [4.69, 9.17) is 35.5 Å². The molecule has 2 aromatic carbocycles. The van der Waals surface area contributed by atoms with Gasteiger partial charge >= 0.3 is 5.97 Å². The fraction of sp³-hybridized carbons (Fsp3) is 0.364. The topological polar surface area (TPSA) is 87.9 Å². The Morgan fingerprint density at radius 3 is 2.62 bits per heavy atom. The number of carbonyl (C=O) groups is 1. The van der Waals surface area contributed by atoms with Crippen LogP contribution in [0.1, 0.15) is 36.2 Å². The molecule has 6 rings (SSSR count). The minimum atomic E-state index is -0.659. The first-order chi connectivity index (χ1) is 21.8. The normalized spacial score (nSPS) is 17.5. The Kier molecular flexibility index (Phi) is 9.58. The van der Waals surface area contributed by atoms with Crippen LogP contribution in [0.3, 0.4) is 0 Å². The Morgan fingerprint density at radius 2 is 1.89 bits per heavy atom. The summed E-state index contributed by atoms with van der Waals surface area (Å²) in [6.45, 7) is 3.50. The second kappa shape index (κ2) is 13.9. The first-order valence-corrected chi connectivity index (χ1v) is 15.2. The van der Waals surface area contributed by atoms with Crippen molar-refractivity contribution in [2.75, 3.05) is 26.8 Å². The van der Waals surface area contributed by atoms with Gasteiger partial charge in [0.25, 0.3) is 5.88 Å². The second-order valence-corrected chi connectivity index (χ2v) is 11.5. The average Bonchev–Trinajstić information content (AvgIpc) is 3.35. The number of piperidine rings is 1. The van der Waals surface area contributed by atoms with Crippen molar-refractivity contribution >= 4 is 34.7 Å². The fourth-order valence-corrected chi connectivity index (χ4v) is 5.56. The van der Waals surface area contributed by atoms with E-state index in [-0.39, 0.29) is 41.2 Å². The zero-order valence-electron chi connectivity index (χ0n) is 24.8. The number of hydrogen-bond acceptors (Lipinski definition) is 8. The summed E-state index contributed by atoms with van der Waals surface area (Å²) >= 11 is 5.80. The summed E-state index contributed by atoms with van der Waals surface area (Å²) in [5.74, 6) is -0.652. The van der Waals surface area contributed by atoms with Gasteiger partial charge in [-0.25, -0.2) is 18.6 Å². The molecule has 0 amide bonds. The summed E-state index contributed by atoms with van der Waals surface area (Å²) in [6, 6.07) is 12.8. The summed E-state index contributed by atoms with van der Waals surface area (Å²) in [4.78, 5) is 23.1. The predicted octanol–water partition coefficient (Wildman–Crippen LogP) is 5.96. The van der Waals surface area contributed by atoms with E-state index < -0.39 is 17.6 Å². The number of carbonyl (C=O) groups excluding carboxylic acids is 1. The van der Waals surface area contributed by atoms with Gasteiger partial charge in [-0.3, -0.25) is 4.90 Å². The first kappa shape index (κ1) is 30.9. The van der Waals surface area contributed by atoms with Crippen molar-refractivity contribution in [3.8, 4) is 11.8 Å². The SMILES string of the molecule is COC(=O)/C=C/c1ccc2nc(CN3CCC(Oc4ccc(F)c(OCc5ccc(Cl)cc5F)n4)CC3)n(C[C@@H]3CCO3)c2c1. The number of rotatable bonds is 11. The van der Waals surface area contributed by atoms with Crippen LogP contribution in [0.15, 0.2) is 54.6 Å². The monoisotopic (exact) mass is 638 g/mol. The Labute approximate surface area is 264 Å². The van der Waals surface area contributed by atoms with Crippen LogP contribution < -0.4 is 9.47 Å². The molecule has 2 aromatic heterocycles. The molecule has 2 saturated heterocycles. The maximum atomic E-state index is 14.4. The quantitative estimate of drug-likeness (QED) is 0.147. The molecular formula is C33H33ClF2N4O5. The van der Waals surface area contributed by atoms with Crippen LogP contribution in [0.4, 0.5) is 8.78 Å². The van der Waals surface area contributed by atoms with E-state index in [1.807, 2.05) is 18.2 Å². The molecule has 2 aliphatic rings. The van der Waals surface area contributed by atoms with E-state index in [0.717, 1.165) is 61.4 Å². The number of benzene rings is 2. The van der Waals surface area contributed by atoms with E-state index in [1.165, 1.54) is 37.5 Å². The van der Waals surface area contributed by atoms with Crippen LogP contribution in [0, 0.1) is 11.6 Å².